The topological polar surface area (TPSA) is 50.4 Å². The van der Waals surface area contributed by atoms with Crippen LogP contribution < -0.4 is 15.4 Å². The first-order valence-electron chi connectivity index (χ1n) is 5.65. The molecule has 1 aromatic carbocycles. The molecule has 1 rings (SSSR count). The molecule has 1 aromatic rings. The number of nitrogens with one attached hydrogen (secondary N) is 2. The Morgan fingerprint density at radius 3 is 2.71 bits per heavy atom. The van der Waals surface area contributed by atoms with Crippen LogP contribution in [0.4, 0.5) is 10.5 Å². The normalized spacial score (nSPS) is 9.47. The lowest BCUT2D eigenvalue weighted by Gasteiger charge is -2.07. The van der Waals surface area contributed by atoms with Crippen LogP contribution >= 0.6 is 0 Å². The summed E-state index contributed by atoms with van der Waals surface area (Å²) in [5.74, 6) is 0.754. The van der Waals surface area contributed by atoms with E-state index in [1.807, 2.05) is 6.92 Å². The maximum atomic E-state index is 11.4. The molecule has 0 atom stereocenters. The minimum atomic E-state index is -0.188. The minimum absolute atomic E-state index is 0.188. The number of urea groups is 1. The molecule has 4 heteroatoms. The molecule has 0 aliphatic heterocycles. The summed E-state index contributed by atoms with van der Waals surface area (Å²) in [6.45, 7) is 6.73. The van der Waals surface area contributed by atoms with E-state index in [1.165, 1.54) is 0 Å². The molecular formula is C13H18N2O2. The number of hydrogen-bond acceptors (Lipinski definition) is 2. The molecule has 0 heterocycles. The van der Waals surface area contributed by atoms with Crippen molar-refractivity contribution in [1.82, 2.24) is 5.32 Å². The van der Waals surface area contributed by atoms with Crippen molar-refractivity contribution < 1.29 is 9.53 Å². The fraction of sp³-hybridized carbons (Fsp3) is 0.308. The molecule has 0 aromatic heterocycles. The summed E-state index contributed by atoms with van der Waals surface area (Å²) in [6, 6.07) is 7.01. The van der Waals surface area contributed by atoms with Crippen LogP contribution in [-0.2, 0) is 0 Å². The molecule has 0 spiro atoms. The molecule has 17 heavy (non-hydrogen) atoms. The predicted octanol–water partition coefficient (Wildman–Crippen LogP) is 2.78. The Morgan fingerprint density at radius 2 is 2.12 bits per heavy atom. The van der Waals surface area contributed by atoms with Gasteiger partial charge in [0, 0.05) is 12.2 Å². The summed E-state index contributed by atoms with van der Waals surface area (Å²) in [7, 11) is 0. The molecule has 2 amide bonds. The fourth-order valence-electron chi connectivity index (χ4n) is 1.20. The van der Waals surface area contributed by atoms with Gasteiger partial charge in [-0.05, 0) is 30.7 Å². The van der Waals surface area contributed by atoms with Gasteiger partial charge in [0.05, 0.1) is 0 Å². The second kappa shape index (κ2) is 7.33. The molecule has 0 unspecified atom stereocenters. The van der Waals surface area contributed by atoms with E-state index in [9.17, 15) is 4.79 Å². The lowest BCUT2D eigenvalue weighted by molar-refractivity contribution is 0.252. The first kappa shape index (κ1) is 13.1. The van der Waals surface area contributed by atoms with Gasteiger partial charge >= 0.3 is 6.03 Å². The third-order valence-corrected chi connectivity index (χ3v) is 2.02. The zero-order valence-corrected chi connectivity index (χ0v) is 10.0. The Bertz CT molecular complexity index is 360. The van der Waals surface area contributed by atoms with Crippen LogP contribution in [0, 0.1) is 0 Å². The zero-order chi connectivity index (χ0) is 12.5. The summed E-state index contributed by atoms with van der Waals surface area (Å²) in [4.78, 5) is 11.4. The van der Waals surface area contributed by atoms with E-state index >= 15 is 0 Å². The fourth-order valence-corrected chi connectivity index (χ4v) is 1.20. The van der Waals surface area contributed by atoms with Crippen molar-refractivity contribution in [3.05, 3.63) is 36.9 Å². The number of hydrogen-bond donors (Lipinski definition) is 2. The van der Waals surface area contributed by atoms with Gasteiger partial charge in [-0.25, -0.2) is 4.79 Å². The summed E-state index contributed by atoms with van der Waals surface area (Å²) in [5.41, 5.74) is 0.740. The first-order chi connectivity index (χ1) is 8.26. The predicted molar refractivity (Wildman–Crippen MR) is 69.4 cm³/mol. The van der Waals surface area contributed by atoms with Gasteiger partial charge in [-0.15, -0.1) is 0 Å². The van der Waals surface area contributed by atoms with Gasteiger partial charge in [-0.1, -0.05) is 19.6 Å². The van der Waals surface area contributed by atoms with Gasteiger partial charge in [0.25, 0.3) is 0 Å². The van der Waals surface area contributed by atoms with E-state index in [0.717, 1.165) is 17.9 Å². The van der Waals surface area contributed by atoms with Crippen LogP contribution in [0.3, 0.4) is 0 Å². The number of carbonyl (C=O) groups excluding carboxylic acids is 1. The highest BCUT2D eigenvalue weighted by Gasteiger charge is 2.00. The standard InChI is InChI=1S/C13H18N2O2/c1-3-9-14-13(16)15-11-5-7-12(8-6-11)17-10-4-2/h4-8H,2-3,9-10H2,1H3,(H2,14,15,16). The molecule has 0 aliphatic carbocycles. The van der Waals surface area contributed by atoms with Crippen molar-refractivity contribution in [2.75, 3.05) is 18.5 Å². The van der Waals surface area contributed by atoms with Gasteiger partial charge < -0.3 is 15.4 Å². The van der Waals surface area contributed by atoms with Gasteiger partial charge in [-0.3, -0.25) is 0 Å². The molecule has 4 nitrogen and oxygen atoms in total. The Morgan fingerprint density at radius 1 is 1.41 bits per heavy atom. The molecule has 0 radical (unpaired) electrons. The first-order valence-corrected chi connectivity index (χ1v) is 5.65. The molecule has 0 bridgehead atoms. The quantitative estimate of drug-likeness (QED) is 0.743. The summed E-state index contributed by atoms with van der Waals surface area (Å²) in [6.07, 6.45) is 2.60. The smallest absolute Gasteiger partial charge is 0.319 e. The SMILES string of the molecule is C=CCOc1ccc(NC(=O)NCCC)cc1. The van der Waals surface area contributed by atoms with Crippen molar-refractivity contribution in [3.8, 4) is 5.75 Å². The van der Waals surface area contributed by atoms with Gasteiger partial charge in [0.1, 0.15) is 12.4 Å². The Kier molecular flexibility index (Phi) is 5.64. The van der Waals surface area contributed by atoms with Crippen LogP contribution in [0.5, 0.6) is 5.75 Å². The average Bonchev–Trinajstić information content (AvgIpc) is 2.35. The van der Waals surface area contributed by atoms with Gasteiger partial charge in [-0.2, -0.15) is 0 Å². The number of rotatable bonds is 6. The molecular weight excluding hydrogens is 216 g/mol. The zero-order valence-electron chi connectivity index (χ0n) is 10.0. The third-order valence-electron chi connectivity index (χ3n) is 2.02. The van der Waals surface area contributed by atoms with Crippen LogP contribution in [0.25, 0.3) is 0 Å². The molecule has 2 N–H and O–H groups in total. The van der Waals surface area contributed by atoms with E-state index in [-0.39, 0.29) is 6.03 Å². The lowest BCUT2D eigenvalue weighted by Crippen LogP contribution is -2.29. The average molecular weight is 234 g/mol. The van der Waals surface area contributed by atoms with E-state index < -0.39 is 0 Å². The van der Waals surface area contributed by atoms with Crippen molar-refractivity contribution >= 4 is 11.7 Å². The van der Waals surface area contributed by atoms with E-state index in [4.69, 9.17) is 4.74 Å². The van der Waals surface area contributed by atoms with Crippen LogP contribution in [0.15, 0.2) is 36.9 Å². The Hall–Kier alpha value is -1.97. The van der Waals surface area contributed by atoms with Gasteiger partial charge in [0.15, 0.2) is 0 Å². The minimum Gasteiger partial charge on any atom is -0.490 e. The Balaban J connectivity index is 2.44. The maximum Gasteiger partial charge on any atom is 0.319 e. The van der Waals surface area contributed by atoms with Crippen molar-refractivity contribution in [2.45, 2.75) is 13.3 Å². The Labute approximate surface area is 102 Å². The largest absolute Gasteiger partial charge is 0.490 e. The van der Waals surface area contributed by atoms with Crippen molar-refractivity contribution in [1.29, 1.82) is 0 Å². The second-order valence-corrected chi connectivity index (χ2v) is 3.50. The highest BCUT2D eigenvalue weighted by molar-refractivity contribution is 5.89. The summed E-state index contributed by atoms with van der Waals surface area (Å²) < 4.78 is 5.33. The summed E-state index contributed by atoms with van der Waals surface area (Å²) in [5, 5.41) is 5.47. The van der Waals surface area contributed by atoms with Crippen molar-refractivity contribution in [2.24, 2.45) is 0 Å². The number of ether oxygens (including phenoxy) is 1. The maximum absolute atomic E-state index is 11.4. The molecule has 92 valence electrons. The number of anilines is 1. The monoisotopic (exact) mass is 234 g/mol. The highest BCUT2D eigenvalue weighted by Crippen LogP contribution is 2.15. The third kappa shape index (κ3) is 5.06. The number of amides is 2. The van der Waals surface area contributed by atoms with E-state index in [2.05, 4.69) is 17.2 Å². The summed E-state index contributed by atoms with van der Waals surface area (Å²) >= 11 is 0. The van der Waals surface area contributed by atoms with E-state index in [0.29, 0.717) is 13.2 Å². The number of benzene rings is 1. The highest BCUT2D eigenvalue weighted by atomic mass is 16.5. The van der Waals surface area contributed by atoms with Crippen LogP contribution in [-0.4, -0.2) is 19.2 Å². The van der Waals surface area contributed by atoms with Crippen LogP contribution in [0.1, 0.15) is 13.3 Å². The number of carbonyl (C=O) groups is 1. The molecule has 0 saturated heterocycles. The second-order valence-electron chi connectivity index (χ2n) is 3.50. The van der Waals surface area contributed by atoms with Crippen molar-refractivity contribution in [3.63, 3.8) is 0 Å². The van der Waals surface area contributed by atoms with Gasteiger partial charge in [0.2, 0.25) is 0 Å². The van der Waals surface area contributed by atoms with E-state index in [1.54, 1.807) is 30.3 Å². The molecule has 0 fully saturated rings. The van der Waals surface area contributed by atoms with Crippen LogP contribution in [0.2, 0.25) is 0 Å². The molecule has 0 aliphatic rings. The molecule has 0 saturated carbocycles. The lowest BCUT2D eigenvalue weighted by atomic mass is 10.3.